The SMILES string of the molecule is CC(C)(C)c1cc(-c2cc(-c3ccc4sccc4n3)ncn2)[c-]c2ccccc12.CCC(CC)C(=O)/C=C(\O)C(CC)CC.[Ir]. The minimum Gasteiger partial charge on any atom is -0.512 e. The monoisotopic (exact) mass is 799 g/mol. The van der Waals surface area contributed by atoms with Crippen LogP contribution in [0.1, 0.15) is 79.7 Å². The van der Waals surface area contributed by atoms with E-state index in [2.05, 4.69) is 78.6 Å². The summed E-state index contributed by atoms with van der Waals surface area (Å²) in [6, 6.07) is 22.4. The van der Waals surface area contributed by atoms with E-state index in [1.807, 2.05) is 45.9 Å². The third-order valence-corrected chi connectivity index (χ3v) is 9.05. The van der Waals surface area contributed by atoms with Crippen LogP contribution in [0.3, 0.4) is 0 Å². The van der Waals surface area contributed by atoms with E-state index >= 15 is 0 Å². The van der Waals surface area contributed by atoms with Crippen molar-refractivity contribution in [3.8, 4) is 22.6 Å². The summed E-state index contributed by atoms with van der Waals surface area (Å²) in [5.74, 6) is 0.547. The third kappa shape index (κ3) is 8.94. The Labute approximate surface area is 285 Å². The summed E-state index contributed by atoms with van der Waals surface area (Å²) in [4.78, 5) is 25.5. The van der Waals surface area contributed by atoms with Crippen LogP contribution < -0.4 is 0 Å². The minimum absolute atomic E-state index is 0. The van der Waals surface area contributed by atoms with Crippen LogP contribution >= 0.6 is 11.3 Å². The van der Waals surface area contributed by atoms with E-state index in [0.717, 1.165) is 59.2 Å². The molecule has 2 aromatic carbocycles. The van der Waals surface area contributed by atoms with Crippen molar-refractivity contribution in [3.05, 3.63) is 89.8 Å². The van der Waals surface area contributed by atoms with Crippen molar-refractivity contribution in [3.63, 3.8) is 0 Å². The van der Waals surface area contributed by atoms with Gasteiger partial charge in [-0.1, -0.05) is 77.6 Å². The van der Waals surface area contributed by atoms with Gasteiger partial charge in [-0.05, 0) is 60.7 Å². The number of aliphatic hydroxyl groups is 1. The molecule has 0 aliphatic rings. The molecule has 0 saturated heterocycles. The molecule has 5 aromatic rings. The maximum Gasteiger partial charge on any atom is 0.162 e. The number of hydrogen-bond donors (Lipinski definition) is 1. The molecule has 5 rings (SSSR count). The largest absolute Gasteiger partial charge is 0.512 e. The fraction of sp³-hybridized carbons (Fsp3) is 0.368. The standard InChI is InChI=1S/C25H20N3S.C13H24O2.Ir/c1-25(2,3)19-13-17(12-16-6-4-5-7-18(16)19)22-14-23(27-15-26-22)20-8-9-24-21(28-20)10-11-29-24;1-5-10(6-2)12(14)9-13(15)11(7-3)8-4;/h4-11,13-15H,1-3H3;9-11,14H,5-8H2,1-4H3;/q-1;;/b;12-9-;. The number of rotatable bonds is 9. The Balaban J connectivity index is 0.000000297. The second kappa shape index (κ2) is 16.4. The van der Waals surface area contributed by atoms with E-state index in [1.165, 1.54) is 21.7 Å². The zero-order chi connectivity index (χ0) is 31.9. The molecular weight excluding hydrogens is 755 g/mol. The first kappa shape index (κ1) is 36.2. The van der Waals surface area contributed by atoms with Crippen molar-refractivity contribution in [2.24, 2.45) is 11.8 Å². The van der Waals surface area contributed by atoms with Gasteiger partial charge in [-0.2, -0.15) is 0 Å². The van der Waals surface area contributed by atoms with Crippen molar-refractivity contribution in [1.29, 1.82) is 0 Å². The molecule has 239 valence electrons. The molecule has 7 heteroatoms. The number of carbonyl (C=O) groups excluding carboxylic acids is 1. The number of benzene rings is 2. The molecule has 0 saturated carbocycles. The number of ketones is 1. The minimum atomic E-state index is 0. The van der Waals surface area contributed by atoms with Gasteiger partial charge < -0.3 is 5.11 Å². The Morgan fingerprint density at radius 1 is 0.889 bits per heavy atom. The normalized spacial score (nSPS) is 11.9. The number of thiophene rings is 1. The van der Waals surface area contributed by atoms with Crippen molar-refractivity contribution in [2.45, 2.75) is 79.6 Å². The first-order chi connectivity index (χ1) is 21.1. The molecule has 0 bridgehead atoms. The zero-order valence-electron chi connectivity index (χ0n) is 27.4. The molecule has 1 radical (unpaired) electrons. The number of hydrogen-bond acceptors (Lipinski definition) is 6. The first-order valence-electron chi connectivity index (χ1n) is 15.7. The van der Waals surface area contributed by atoms with Gasteiger partial charge in [-0.25, -0.2) is 9.97 Å². The van der Waals surface area contributed by atoms with Crippen LogP contribution in [0, 0.1) is 17.9 Å². The summed E-state index contributed by atoms with van der Waals surface area (Å²) < 4.78 is 1.18. The average molecular weight is 799 g/mol. The molecule has 3 heterocycles. The number of pyridine rings is 1. The molecule has 1 N–H and O–H groups in total. The summed E-state index contributed by atoms with van der Waals surface area (Å²) in [6.45, 7) is 14.8. The summed E-state index contributed by atoms with van der Waals surface area (Å²) in [7, 11) is 0. The molecule has 0 unspecified atom stereocenters. The van der Waals surface area contributed by atoms with Gasteiger partial charge in [0, 0.05) is 43.7 Å². The van der Waals surface area contributed by atoms with E-state index in [0.29, 0.717) is 0 Å². The third-order valence-electron chi connectivity index (χ3n) is 8.18. The van der Waals surface area contributed by atoms with E-state index in [9.17, 15) is 9.90 Å². The van der Waals surface area contributed by atoms with Crippen molar-refractivity contribution < 1.29 is 30.0 Å². The summed E-state index contributed by atoms with van der Waals surface area (Å²) >= 11 is 1.70. The smallest absolute Gasteiger partial charge is 0.162 e. The molecule has 0 amide bonds. The fourth-order valence-corrected chi connectivity index (χ4v) is 6.13. The Morgan fingerprint density at radius 3 is 2.22 bits per heavy atom. The van der Waals surface area contributed by atoms with Gasteiger partial charge in [0.1, 0.15) is 6.33 Å². The van der Waals surface area contributed by atoms with Gasteiger partial charge in [0.05, 0.1) is 27.4 Å². The van der Waals surface area contributed by atoms with Crippen molar-refractivity contribution in [2.75, 3.05) is 0 Å². The molecule has 0 spiro atoms. The molecule has 45 heavy (non-hydrogen) atoms. The van der Waals surface area contributed by atoms with Crippen LogP contribution in [0.4, 0.5) is 0 Å². The predicted octanol–water partition coefficient (Wildman–Crippen LogP) is 10.5. The van der Waals surface area contributed by atoms with Crippen LogP contribution in [-0.4, -0.2) is 25.8 Å². The topological polar surface area (TPSA) is 76.0 Å². The summed E-state index contributed by atoms with van der Waals surface area (Å²) in [5.41, 5.74) is 5.83. The first-order valence-corrected chi connectivity index (χ1v) is 16.5. The average Bonchev–Trinajstić information content (AvgIpc) is 3.50. The van der Waals surface area contributed by atoms with E-state index in [-0.39, 0.29) is 48.9 Å². The Bertz CT molecular complexity index is 1750. The van der Waals surface area contributed by atoms with Crippen LogP contribution in [0.2, 0.25) is 0 Å². The predicted molar refractivity (Wildman–Crippen MR) is 185 cm³/mol. The Kier molecular flexibility index (Phi) is 13.2. The van der Waals surface area contributed by atoms with E-state index in [1.54, 1.807) is 17.7 Å². The number of nitrogens with zero attached hydrogens (tertiary/aromatic N) is 3. The quantitative estimate of drug-likeness (QED) is 0.0913. The maximum absolute atomic E-state index is 11.7. The number of fused-ring (bicyclic) bond motifs is 2. The van der Waals surface area contributed by atoms with Gasteiger partial charge in [-0.3, -0.25) is 9.78 Å². The second-order valence-corrected chi connectivity index (χ2v) is 13.1. The van der Waals surface area contributed by atoms with Crippen LogP contribution in [0.5, 0.6) is 0 Å². The van der Waals surface area contributed by atoms with Gasteiger partial charge >= 0.3 is 0 Å². The molecule has 0 aliphatic carbocycles. The van der Waals surface area contributed by atoms with Gasteiger partial charge in [0.2, 0.25) is 0 Å². The number of aliphatic hydroxyl groups excluding tert-OH is 1. The summed E-state index contributed by atoms with van der Waals surface area (Å²) in [6.07, 6.45) is 6.52. The van der Waals surface area contributed by atoms with Crippen LogP contribution in [0.25, 0.3) is 43.6 Å². The number of aromatic nitrogens is 3. The summed E-state index contributed by atoms with van der Waals surface area (Å²) in [5, 5.41) is 14.2. The molecule has 0 atom stereocenters. The number of carbonyl (C=O) groups is 1. The molecule has 5 nitrogen and oxygen atoms in total. The van der Waals surface area contributed by atoms with Gasteiger partial charge in [0.15, 0.2) is 5.78 Å². The maximum atomic E-state index is 11.7. The van der Waals surface area contributed by atoms with Crippen LogP contribution in [-0.2, 0) is 30.3 Å². The van der Waals surface area contributed by atoms with Crippen LogP contribution in [0.15, 0.2) is 78.1 Å². The van der Waals surface area contributed by atoms with Gasteiger partial charge in [-0.15, -0.1) is 40.5 Å². The number of allylic oxidation sites excluding steroid dienone is 2. The Hall–Kier alpha value is -3.25. The van der Waals surface area contributed by atoms with Crippen molar-refractivity contribution in [1.82, 2.24) is 15.0 Å². The van der Waals surface area contributed by atoms with E-state index < -0.39 is 0 Å². The molecular formula is C38H44IrN3O2S-. The second-order valence-electron chi connectivity index (χ2n) is 12.2. The zero-order valence-corrected chi connectivity index (χ0v) is 30.6. The molecule has 0 fully saturated rings. The fourth-order valence-electron chi connectivity index (χ4n) is 5.41. The molecule has 3 aromatic heterocycles. The molecule has 0 aliphatic heterocycles. The Morgan fingerprint density at radius 2 is 1.56 bits per heavy atom. The van der Waals surface area contributed by atoms with Gasteiger partial charge in [0.25, 0.3) is 0 Å². The van der Waals surface area contributed by atoms with E-state index in [4.69, 9.17) is 4.98 Å². The van der Waals surface area contributed by atoms with Crippen molar-refractivity contribution >= 4 is 38.1 Å².